The van der Waals surface area contributed by atoms with Crippen molar-refractivity contribution >= 4 is 11.7 Å². The van der Waals surface area contributed by atoms with Crippen molar-refractivity contribution in [2.24, 2.45) is 0 Å². The van der Waals surface area contributed by atoms with E-state index in [1.807, 2.05) is 36.4 Å². The van der Waals surface area contributed by atoms with E-state index in [-0.39, 0.29) is 5.91 Å². The predicted molar refractivity (Wildman–Crippen MR) is 80.1 cm³/mol. The van der Waals surface area contributed by atoms with Crippen LogP contribution in [0, 0.1) is 0 Å². The first-order valence-corrected chi connectivity index (χ1v) is 6.81. The SMILES string of the molecule is O=C(CCOc1ccccc1)NCCNc1cccnn1. The van der Waals surface area contributed by atoms with E-state index in [0.717, 1.165) is 5.75 Å². The standard InChI is InChI=1S/C15H18N4O2/c20-15(8-12-21-13-5-2-1-3-6-13)17-11-10-16-14-7-4-9-18-19-14/h1-7,9H,8,10-12H2,(H,16,19)(H,17,20). The number of carbonyl (C=O) groups excluding carboxylic acids is 1. The Labute approximate surface area is 123 Å². The minimum atomic E-state index is -0.0353. The quantitative estimate of drug-likeness (QED) is 0.719. The molecule has 110 valence electrons. The molecule has 0 atom stereocenters. The Kier molecular flexibility index (Phi) is 6.00. The fraction of sp³-hybridized carbons (Fsp3) is 0.267. The number of amides is 1. The van der Waals surface area contributed by atoms with Gasteiger partial charge in [0, 0.05) is 19.3 Å². The largest absolute Gasteiger partial charge is 0.493 e. The van der Waals surface area contributed by atoms with Crippen molar-refractivity contribution in [1.29, 1.82) is 0 Å². The van der Waals surface area contributed by atoms with Crippen LogP contribution in [0.2, 0.25) is 0 Å². The summed E-state index contributed by atoms with van der Waals surface area (Å²) in [5.41, 5.74) is 0. The van der Waals surface area contributed by atoms with E-state index in [1.54, 1.807) is 12.3 Å². The molecule has 0 aliphatic rings. The van der Waals surface area contributed by atoms with Crippen LogP contribution in [-0.2, 0) is 4.79 Å². The average molecular weight is 286 g/mol. The van der Waals surface area contributed by atoms with Crippen LogP contribution in [0.25, 0.3) is 0 Å². The minimum absolute atomic E-state index is 0.0353. The van der Waals surface area contributed by atoms with Crippen LogP contribution in [-0.4, -0.2) is 35.8 Å². The molecule has 0 fully saturated rings. The summed E-state index contributed by atoms with van der Waals surface area (Å²) in [5, 5.41) is 13.5. The molecule has 0 aliphatic heterocycles. The number of aromatic nitrogens is 2. The summed E-state index contributed by atoms with van der Waals surface area (Å²) in [6.07, 6.45) is 1.94. The Hall–Kier alpha value is -2.63. The molecule has 2 N–H and O–H groups in total. The molecule has 2 aromatic rings. The Balaban J connectivity index is 1.54. The van der Waals surface area contributed by atoms with Gasteiger partial charge in [0.25, 0.3) is 0 Å². The molecule has 1 amide bonds. The average Bonchev–Trinajstić information content (AvgIpc) is 2.54. The van der Waals surface area contributed by atoms with Crippen LogP contribution in [0.3, 0.4) is 0 Å². The summed E-state index contributed by atoms with van der Waals surface area (Å²) >= 11 is 0. The monoisotopic (exact) mass is 286 g/mol. The van der Waals surface area contributed by atoms with E-state index < -0.39 is 0 Å². The molecule has 1 aromatic carbocycles. The number of hydrogen-bond donors (Lipinski definition) is 2. The molecule has 0 spiro atoms. The summed E-state index contributed by atoms with van der Waals surface area (Å²) in [7, 11) is 0. The second-order valence-electron chi connectivity index (χ2n) is 4.30. The van der Waals surface area contributed by atoms with E-state index >= 15 is 0 Å². The van der Waals surface area contributed by atoms with Crippen LogP contribution in [0.5, 0.6) is 5.75 Å². The lowest BCUT2D eigenvalue weighted by Gasteiger charge is -2.08. The van der Waals surface area contributed by atoms with Crippen LogP contribution < -0.4 is 15.4 Å². The maximum absolute atomic E-state index is 11.6. The first-order chi connectivity index (χ1) is 10.3. The number of nitrogens with zero attached hydrogens (tertiary/aromatic N) is 2. The van der Waals surface area contributed by atoms with Gasteiger partial charge in [-0.3, -0.25) is 4.79 Å². The van der Waals surface area contributed by atoms with Gasteiger partial charge >= 0.3 is 0 Å². The molecule has 6 nitrogen and oxygen atoms in total. The van der Waals surface area contributed by atoms with E-state index in [9.17, 15) is 4.79 Å². The van der Waals surface area contributed by atoms with Crippen molar-refractivity contribution in [3.8, 4) is 5.75 Å². The molecule has 21 heavy (non-hydrogen) atoms. The summed E-state index contributed by atoms with van der Waals surface area (Å²) in [4.78, 5) is 11.6. The maximum atomic E-state index is 11.6. The predicted octanol–water partition coefficient (Wildman–Crippen LogP) is 1.47. The maximum Gasteiger partial charge on any atom is 0.223 e. The number of para-hydroxylation sites is 1. The van der Waals surface area contributed by atoms with Crippen molar-refractivity contribution in [1.82, 2.24) is 15.5 Å². The van der Waals surface area contributed by atoms with E-state index in [2.05, 4.69) is 20.8 Å². The normalized spacial score (nSPS) is 9.90. The van der Waals surface area contributed by atoms with Gasteiger partial charge in [-0.15, -0.1) is 5.10 Å². The molecular weight excluding hydrogens is 268 g/mol. The molecule has 1 aromatic heterocycles. The lowest BCUT2D eigenvalue weighted by molar-refractivity contribution is -0.121. The fourth-order valence-corrected chi connectivity index (χ4v) is 1.65. The molecule has 2 rings (SSSR count). The number of carbonyl (C=O) groups is 1. The summed E-state index contributed by atoms with van der Waals surface area (Å²) in [6.45, 7) is 1.50. The highest BCUT2D eigenvalue weighted by Gasteiger charge is 2.01. The van der Waals surface area contributed by atoms with Crippen molar-refractivity contribution in [3.63, 3.8) is 0 Å². The summed E-state index contributed by atoms with van der Waals surface area (Å²) < 4.78 is 5.46. The molecular formula is C15H18N4O2. The van der Waals surface area contributed by atoms with Crippen LogP contribution >= 0.6 is 0 Å². The van der Waals surface area contributed by atoms with Crippen molar-refractivity contribution in [3.05, 3.63) is 48.7 Å². The zero-order valence-electron chi connectivity index (χ0n) is 11.7. The lowest BCUT2D eigenvalue weighted by atomic mass is 10.3. The number of hydrogen-bond acceptors (Lipinski definition) is 5. The third-order valence-corrected chi connectivity index (χ3v) is 2.67. The van der Waals surface area contributed by atoms with Crippen molar-refractivity contribution < 1.29 is 9.53 Å². The second kappa shape index (κ2) is 8.52. The zero-order valence-corrected chi connectivity index (χ0v) is 11.7. The van der Waals surface area contributed by atoms with Gasteiger partial charge in [0.1, 0.15) is 11.6 Å². The molecule has 0 saturated heterocycles. The molecule has 0 bridgehead atoms. The zero-order chi connectivity index (χ0) is 14.8. The van der Waals surface area contributed by atoms with Gasteiger partial charge in [-0.2, -0.15) is 5.10 Å². The van der Waals surface area contributed by atoms with Gasteiger partial charge in [0.05, 0.1) is 13.0 Å². The van der Waals surface area contributed by atoms with Gasteiger partial charge in [-0.05, 0) is 24.3 Å². The van der Waals surface area contributed by atoms with Gasteiger partial charge in [-0.25, -0.2) is 0 Å². The Morgan fingerprint density at radius 1 is 1.10 bits per heavy atom. The van der Waals surface area contributed by atoms with Crippen LogP contribution in [0.1, 0.15) is 6.42 Å². The molecule has 1 heterocycles. The van der Waals surface area contributed by atoms with Crippen LogP contribution in [0.15, 0.2) is 48.7 Å². The first kappa shape index (κ1) is 14.8. The highest BCUT2D eigenvalue weighted by Crippen LogP contribution is 2.08. The number of benzene rings is 1. The second-order valence-corrected chi connectivity index (χ2v) is 4.30. The molecule has 6 heteroatoms. The van der Waals surface area contributed by atoms with Gasteiger partial charge < -0.3 is 15.4 Å². The minimum Gasteiger partial charge on any atom is -0.493 e. The number of ether oxygens (including phenoxy) is 1. The van der Waals surface area contributed by atoms with Crippen molar-refractivity contribution in [2.75, 3.05) is 25.0 Å². The van der Waals surface area contributed by atoms with E-state index in [0.29, 0.717) is 31.9 Å². The number of nitrogens with one attached hydrogen (secondary N) is 2. The third-order valence-electron chi connectivity index (χ3n) is 2.67. The summed E-state index contributed by atoms with van der Waals surface area (Å²) in [6, 6.07) is 13.1. The number of anilines is 1. The van der Waals surface area contributed by atoms with Crippen LogP contribution in [0.4, 0.5) is 5.82 Å². The first-order valence-electron chi connectivity index (χ1n) is 6.81. The Bertz CT molecular complexity index is 534. The van der Waals surface area contributed by atoms with Crippen molar-refractivity contribution in [2.45, 2.75) is 6.42 Å². The lowest BCUT2D eigenvalue weighted by Crippen LogP contribution is -2.29. The Morgan fingerprint density at radius 2 is 1.95 bits per heavy atom. The summed E-state index contributed by atoms with van der Waals surface area (Å²) in [5.74, 6) is 1.43. The smallest absolute Gasteiger partial charge is 0.223 e. The molecule has 0 unspecified atom stereocenters. The Morgan fingerprint density at radius 3 is 2.71 bits per heavy atom. The van der Waals surface area contributed by atoms with E-state index in [4.69, 9.17) is 4.74 Å². The van der Waals surface area contributed by atoms with Gasteiger partial charge in [0.15, 0.2) is 0 Å². The van der Waals surface area contributed by atoms with E-state index in [1.165, 1.54) is 0 Å². The van der Waals surface area contributed by atoms with Gasteiger partial charge in [-0.1, -0.05) is 18.2 Å². The highest BCUT2D eigenvalue weighted by molar-refractivity contribution is 5.76. The fourth-order valence-electron chi connectivity index (χ4n) is 1.65. The molecule has 0 saturated carbocycles. The third kappa shape index (κ3) is 5.90. The van der Waals surface area contributed by atoms with Gasteiger partial charge in [0.2, 0.25) is 5.91 Å². The number of rotatable bonds is 8. The highest BCUT2D eigenvalue weighted by atomic mass is 16.5. The topological polar surface area (TPSA) is 76.1 Å². The molecule has 0 radical (unpaired) electrons. The molecule has 0 aliphatic carbocycles.